The first kappa shape index (κ1) is 21.3. The Labute approximate surface area is 168 Å². The monoisotopic (exact) mass is 412 g/mol. The van der Waals surface area contributed by atoms with Gasteiger partial charge in [0.1, 0.15) is 6.54 Å². The molecule has 0 saturated carbocycles. The molecule has 160 valence electrons. The highest BCUT2D eigenvalue weighted by Crippen LogP contribution is 2.39. The predicted molar refractivity (Wildman–Crippen MR) is 105 cm³/mol. The second-order valence-electron chi connectivity index (χ2n) is 8.09. The van der Waals surface area contributed by atoms with Gasteiger partial charge in [-0.05, 0) is 49.9 Å². The van der Waals surface area contributed by atoms with Crippen molar-refractivity contribution in [1.29, 1.82) is 0 Å². The van der Waals surface area contributed by atoms with Crippen molar-refractivity contribution < 1.29 is 22.8 Å². The van der Waals surface area contributed by atoms with Crippen molar-refractivity contribution >= 4 is 23.3 Å². The molecule has 2 aliphatic rings. The molecule has 2 atom stereocenters. The molecule has 2 heterocycles. The van der Waals surface area contributed by atoms with Gasteiger partial charge in [0, 0.05) is 35.4 Å². The molecule has 2 bridgehead atoms. The zero-order chi connectivity index (χ0) is 21.2. The van der Waals surface area contributed by atoms with E-state index in [1.807, 2.05) is 26.0 Å². The van der Waals surface area contributed by atoms with Crippen LogP contribution in [-0.2, 0) is 4.79 Å². The summed E-state index contributed by atoms with van der Waals surface area (Å²) in [6.45, 7) is 2.40. The molecule has 2 saturated heterocycles. The summed E-state index contributed by atoms with van der Waals surface area (Å²) in [4.78, 5) is 25.9. The summed E-state index contributed by atoms with van der Waals surface area (Å²) in [6.07, 6.45) is -0.512. The minimum Gasteiger partial charge on any atom is -0.365 e. The van der Waals surface area contributed by atoms with Crippen LogP contribution in [0.3, 0.4) is 0 Å². The fraction of sp³-hybridized carbons (Fsp3) is 0.600. The summed E-state index contributed by atoms with van der Waals surface area (Å²) in [5.74, 6) is 0.0566. The zero-order valence-electron chi connectivity index (χ0n) is 16.6. The van der Waals surface area contributed by atoms with Crippen molar-refractivity contribution in [2.24, 2.45) is 5.92 Å². The number of carbonyl (C=O) groups is 2. The molecule has 9 heteroatoms. The number of hydrogen-bond acceptors (Lipinski definition) is 3. The highest BCUT2D eigenvalue weighted by Gasteiger charge is 2.41. The van der Waals surface area contributed by atoms with E-state index in [1.165, 1.54) is 0 Å². The topological polar surface area (TPSA) is 73.5 Å². The maximum absolute atomic E-state index is 12.2. The third kappa shape index (κ3) is 5.55. The molecule has 0 aliphatic carbocycles. The van der Waals surface area contributed by atoms with Crippen LogP contribution < -0.4 is 20.9 Å². The SMILES string of the molecule is CC(C)C(=O)NC1CC2CCC(C1)N2c1ccc(NC(=O)NCC(F)(F)F)cc1. The van der Waals surface area contributed by atoms with Gasteiger partial charge in [0.15, 0.2) is 0 Å². The summed E-state index contributed by atoms with van der Waals surface area (Å²) in [5.41, 5.74) is 1.45. The van der Waals surface area contributed by atoms with E-state index in [1.54, 1.807) is 17.4 Å². The predicted octanol–water partition coefficient (Wildman–Crippen LogP) is 3.64. The first-order chi connectivity index (χ1) is 13.6. The number of nitrogens with one attached hydrogen (secondary N) is 3. The van der Waals surface area contributed by atoms with E-state index >= 15 is 0 Å². The third-order valence-electron chi connectivity index (χ3n) is 5.48. The molecule has 3 rings (SSSR count). The molecule has 2 aliphatic heterocycles. The number of halogens is 3. The van der Waals surface area contributed by atoms with Crippen LogP contribution in [0.2, 0.25) is 0 Å². The molecule has 2 unspecified atom stereocenters. The van der Waals surface area contributed by atoms with Gasteiger partial charge in [0.05, 0.1) is 0 Å². The standard InChI is InChI=1S/C20H27F3N4O2/c1-12(2)18(28)25-14-9-16-7-8-17(10-14)27(16)15-5-3-13(4-6-15)26-19(29)24-11-20(21,22)23/h3-6,12,14,16-17H,7-11H2,1-2H3,(H,25,28)(H2,24,26,29). The van der Waals surface area contributed by atoms with E-state index < -0.39 is 18.8 Å². The van der Waals surface area contributed by atoms with Gasteiger partial charge >= 0.3 is 12.2 Å². The van der Waals surface area contributed by atoms with Crippen LogP contribution in [0, 0.1) is 5.92 Å². The maximum Gasteiger partial charge on any atom is 0.405 e. The van der Waals surface area contributed by atoms with E-state index in [0.717, 1.165) is 31.4 Å². The number of amides is 3. The summed E-state index contributed by atoms with van der Waals surface area (Å²) in [5, 5.41) is 7.33. The number of fused-ring (bicyclic) bond motifs is 2. The number of rotatable bonds is 5. The lowest BCUT2D eigenvalue weighted by Crippen LogP contribution is -2.51. The first-order valence-electron chi connectivity index (χ1n) is 9.93. The van der Waals surface area contributed by atoms with Gasteiger partial charge in [0.25, 0.3) is 0 Å². The Bertz CT molecular complexity index is 722. The van der Waals surface area contributed by atoms with Gasteiger partial charge in [-0.25, -0.2) is 4.79 Å². The van der Waals surface area contributed by atoms with Crippen LogP contribution in [0.25, 0.3) is 0 Å². The second-order valence-corrected chi connectivity index (χ2v) is 8.09. The number of benzene rings is 1. The van der Waals surface area contributed by atoms with Crippen molar-refractivity contribution in [2.75, 3.05) is 16.8 Å². The molecule has 3 N–H and O–H groups in total. The Morgan fingerprint density at radius 3 is 2.21 bits per heavy atom. The van der Waals surface area contributed by atoms with Gasteiger partial charge in [-0.2, -0.15) is 13.2 Å². The largest absolute Gasteiger partial charge is 0.405 e. The van der Waals surface area contributed by atoms with E-state index in [-0.39, 0.29) is 17.9 Å². The van der Waals surface area contributed by atoms with Gasteiger partial charge in [0.2, 0.25) is 5.91 Å². The van der Waals surface area contributed by atoms with Crippen LogP contribution >= 0.6 is 0 Å². The van der Waals surface area contributed by atoms with Crippen LogP contribution in [0.5, 0.6) is 0 Å². The Balaban J connectivity index is 1.57. The first-order valence-corrected chi connectivity index (χ1v) is 9.93. The lowest BCUT2D eigenvalue weighted by Gasteiger charge is -2.41. The molecule has 0 spiro atoms. The van der Waals surface area contributed by atoms with E-state index in [0.29, 0.717) is 17.8 Å². The van der Waals surface area contributed by atoms with Crippen molar-refractivity contribution in [2.45, 2.75) is 63.8 Å². The molecule has 3 amide bonds. The normalized spacial score (nSPS) is 23.8. The number of carbonyl (C=O) groups excluding carboxylic acids is 2. The highest BCUT2D eigenvalue weighted by atomic mass is 19.4. The highest BCUT2D eigenvalue weighted by molar-refractivity contribution is 5.89. The van der Waals surface area contributed by atoms with Gasteiger partial charge < -0.3 is 20.9 Å². The van der Waals surface area contributed by atoms with E-state index in [9.17, 15) is 22.8 Å². The molecule has 2 fully saturated rings. The Morgan fingerprint density at radius 1 is 1.10 bits per heavy atom. The summed E-state index contributed by atoms with van der Waals surface area (Å²) < 4.78 is 36.5. The van der Waals surface area contributed by atoms with Crippen LogP contribution in [0.4, 0.5) is 29.3 Å². The number of nitrogens with zero attached hydrogens (tertiary/aromatic N) is 1. The molecule has 1 aromatic rings. The van der Waals surface area contributed by atoms with Gasteiger partial charge in [-0.1, -0.05) is 13.8 Å². The summed E-state index contributed by atoms with van der Waals surface area (Å²) in [7, 11) is 0. The van der Waals surface area contributed by atoms with Gasteiger partial charge in [-0.3, -0.25) is 4.79 Å². The average molecular weight is 412 g/mol. The zero-order valence-corrected chi connectivity index (χ0v) is 16.6. The molecule has 0 radical (unpaired) electrons. The lowest BCUT2D eigenvalue weighted by molar-refractivity contribution is -0.125. The van der Waals surface area contributed by atoms with Crippen LogP contribution in [-0.4, -0.2) is 42.8 Å². The smallest absolute Gasteiger partial charge is 0.365 e. The van der Waals surface area contributed by atoms with Crippen molar-refractivity contribution in [3.8, 4) is 0 Å². The fourth-order valence-electron chi connectivity index (χ4n) is 4.16. The van der Waals surface area contributed by atoms with Gasteiger partial charge in [-0.15, -0.1) is 0 Å². The fourth-order valence-corrected chi connectivity index (χ4v) is 4.16. The second kappa shape index (κ2) is 8.51. The Kier molecular flexibility index (Phi) is 6.24. The molecule has 1 aromatic carbocycles. The lowest BCUT2D eigenvalue weighted by atomic mass is 9.96. The van der Waals surface area contributed by atoms with Crippen LogP contribution in [0.1, 0.15) is 39.5 Å². The number of urea groups is 1. The van der Waals surface area contributed by atoms with E-state index in [4.69, 9.17) is 0 Å². The third-order valence-corrected chi connectivity index (χ3v) is 5.48. The Hall–Kier alpha value is -2.45. The number of alkyl halides is 3. The molecular weight excluding hydrogens is 385 g/mol. The minimum absolute atomic E-state index is 0.0286. The summed E-state index contributed by atoms with van der Waals surface area (Å²) in [6, 6.07) is 7.12. The minimum atomic E-state index is -4.44. The van der Waals surface area contributed by atoms with E-state index in [2.05, 4.69) is 15.5 Å². The molecule has 29 heavy (non-hydrogen) atoms. The molecule has 6 nitrogen and oxygen atoms in total. The average Bonchev–Trinajstić information content (AvgIpc) is 2.90. The van der Waals surface area contributed by atoms with Crippen LogP contribution in [0.15, 0.2) is 24.3 Å². The molecule has 0 aromatic heterocycles. The number of anilines is 2. The van der Waals surface area contributed by atoms with Crippen molar-refractivity contribution in [3.05, 3.63) is 24.3 Å². The van der Waals surface area contributed by atoms with Crippen molar-refractivity contribution in [3.63, 3.8) is 0 Å². The Morgan fingerprint density at radius 2 is 1.69 bits per heavy atom. The maximum atomic E-state index is 12.2. The number of piperidine rings is 1. The molecular formula is C20H27F3N4O2. The summed E-state index contributed by atoms with van der Waals surface area (Å²) >= 11 is 0. The number of hydrogen-bond donors (Lipinski definition) is 3. The van der Waals surface area contributed by atoms with Crippen molar-refractivity contribution in [1.82, 2.24) is 10.6 Å². The quantitative estimate of drug-likeness (QED) is 0.691.